The number of nitrogens with zero attached hydrogens (tertiary/aromatic N) is 3. The number of hydrogen-bond donors (Lipinski definition) is 1. The maximum atomic E-state index is 11.4. The fourth-order valence-corrected chi connectivity index (χ4v) is 2.01. The van der Waals surface area contributed by atoms with Gasteiger partial charge in [0.1, 0.15) is 18.2 Å². The normalized spacial score (nSPS) is 15.2. The van der Waals surface area contributed by atoms with Crippen molar-refractivity contribution in [1.29, 1.82) is 0 Å². The second-order valence-corrected chi connectivity index (χ2v) is 4.59. The van der Waals surface area contributed by atoms with Crippen LogP contribution in [0.4, 0.5) is 5.82 Å². The first-order chi connectivity index (χ1) is 9.69. The lowest BCUT2D eigenvalue weighted by molar-refractivity contribution is -0.124. The van der Waals surface area contributed by atoms with Gasteiger partial charge in [0.2, 0.25) is 5.91 Å². The van der Waals surface area contributed by atoms with Gasteiger partial charge in [0.05, 0.1) is 19.8 Å². The summed E-state index contributed by atoms with van der Waals surface area (Å²) in [6.07, 6.45) is 0. The van der Waals surface area contributed by atoms with Gasteiger partial charge in [-0.2, -0.15) is 0 Å². The van der Waals surface area contributed by atoms with Crippen molar-refractivity contribution >= 4 is 11.7 Å². The summed E-state index contributed by atoms with van der Waals surface area (Å²) in [5.74, 6) is 1.32. The molecule has 0 radical (unpaired) electrons. The molecular weight excluding hydrogens is 260 g/mol. The van der Waals surface area contributed by atoms with Gasteiger partial charge >= 0.3 is 0 Å². The number of carbonyl (C=O) groups excluding carboxylic acids is 1. The van der Waals surface area contributed by atoms with Gasteiger partial charge in [-0.1, -0.05) is 0 Å². The van der Waals surface area contributed by atoms with Gasteiger partial charge in [0, 0.05) is 32.0 Å². The molecule has 1 saturated heterocycles. The van der Waals surface area contributed by atoms with Crippen molar-refractivity contribution < 1.29 is 14.3 Å². The maximum Gasteiger partial charge on any atom is 0.246 e. The predicted octanol–water partition coefficient (Wildman–Crippen LogP) is -0.116. The molecule has 0 aromatic carbocycles. The SMILES string of the molecule is COCC(=O)NCc1nc(C)cc(N2CCOCC2)n1. The zero-order valence-electron chi connectivity index (χ0n) is 11.9. The molecule has 7 heteroatoms. The van der Waals surface area contributed by atoms with Crippen molar-refractivity contribution in [3.63, 3.8) is 0 Å². The van der Waals surface area contributed by atoms with Crippen LogP contribution < -0.4 is 10.2 Å². The van der Waals surface area contributed by atoms with Crippen LogP contribution in [-0.2, 0) is 20.8 Å². The topological polar surface area (TPSA) is 76.6 Å². The lowest BCUT2D eigenvalue weighted by Gasteiger charge is -2.28. The van der Waals surface area contributed by atoms with Crippen molar-refractivity contribution in [3.05, 3.63) is 17.6 Å². The molecule has 1 aliphatic heterocycles. The summed E-state index contributed by atoms with van der Waals surface area (Å²) in [6, 6.07) is 1.95. The lowest BCUT2D eigenvalue weighted by atomic mass is 10.3. The molecule has 0 atom stereocenters. The summed E-state index contributed by atoms with van der Waals surface area (Å²) >= 11 is 0. The molecule has 20 heavy (non-hydrogen) atoms. The van der Waals surface area contributed by atoms with Crippen molar-refractivity contribution in [2.75, 3.05) is 44.9 Å². The van der Waals surface area contributed by atoms with Crippen molar-refractivity contribution in [2.45, 2.75) is 13.5 Å². The highest BCUT2D eigenvalue weighted by atomic mass is 16.5. The average Bonchev–Trinajstić information content (AvgIpc) is 2.46. The number of anilines is 1. The Kier molecular flexibility index (Phi) is 5.25. The predicted molar refractivity (Wildman–Crippen MR) is 73.5 cm³/mol. The van der Waals surface area contributed by atoms with Crippen LogP contribution in [0.1, 0.15) is 11.5 Å². The smallest absolute Gasteiger partial charge is 0.246 e. The van der Waals surface area contributed by atoms with E-state index in [0.717, 1.165) is 24.6 Å². The Morgan fingerprint density at radius 1 is 1.45 bits per heavy atom. The van der Waals surface area contributed by atoms with Crippen LogP contribution in [0.2, 0.25) is 0 Å². The van der Waals surface area contributed by atoms with E-state index in [4.69, 9.17) is 9.47 Å². The Bertz CT molecular complexity index is 461. The number of aryl methyl sites for hydroxylation is 1. The Labute approximate surface area is 118 Å². The largest absolute Gasteiger partial charge is 0.378 e. The highest BCUT2D eigenvalue weighted by molar-refractivity contribution is 5.77. The number of carbonyl (C=O) groups is 1. The Morgan fingerprint density at radius 3 is 2.90 bits per heavy atom. The first kappa shape index (κ1) is 14.7. The highest BCUT2D eigenvalue weighted by Crippen LogP contribution is 2.14. The number of methoxy groups -OCH3 is 1. The molecule has 110 valence electrons. The van der Waals surface area contributed by atoms with Crippen LogP contribution in [0.3, 0.4) is 0 Å². The molecule has 1 aromatic heterocycles. The highest BCUT2D eigenvalue weighted by Gasteiger charge is 2.14. The molecule has 0 aliphatic carbocycles. The van der Waals surface area contributed by atoms with E-state index in [2.05, 4.69) is 20.2 Å². The number of rotatable bonds is 5. The van der Waals surface area contributed by atoms with Gasteiger partial charge in [-0.05, 0) is 6.92 Å². The summed E-state index contributed by atoms with van der Waals surface area (Å²) in [7, 11) is 1.49. The molecule has 1 amide bonds. The fourth-order valence-electron chi connectivity index (χ4n) is 2.01. The van der Waals surface area contributed by atoms with E-state index < -0.39 is 0 Å². The van der Waals surface area contributed by atoms with Crippen molar-refractivity contribution in [1.82, 2.24) is 15.3 Å². The Morgan fingerprint density at radius 2 is 2.20 bits per heavy atom. The second-order valence-electron chi connectivity index (χ2n) is 4.59. The summed E-state index contributed by atoms with van der Waals surface area (Å²) in [5, 5.41) is 2.73. The first-order valence-corrected chi connectivity index (χ1v) is 6.62. The molecule has 0 unspecified atom stereocenters. The number of aromatic nitrogens is 2. The van der Waals surface area contributed by atoms with E-state index in [1.807, 2.05) is 13.0 Å². The van der Waals surface area contributed by atoms with Crippen LogP contribution in [0.5, 0.6) is 0 Å². The molecule has 1 N–H and O–H groups in total. The first-order valence-electron chi connectivity index (χ1n) is 6.62. The van der Waals surface area contributed by atoms with Crippen LogP contribution in [-0.4, -0.2) is 55.9 Å². The van der Waals surface area contributed by atoms with E-state index in [1.54, 1.807) is 0 Å². The molecule has 0 bridgehead atoms. The molecule has 0 saturated carbocycles. The zero-order chi connectivity index (χ0) is 14.4. The third-order valence-electron chi connectivity index (χ3n) is 2.94. The molecule has 1 aromatic rings. The third kappa shape index (κ3) is 4.14. The zero-order valence-corrected chi connectivity index (χ0v) is 11.9. The van der Waals surface area contributed by atoms with Gasteiger partial charge < -0.3 is 19.7 Å². The van der Waals surface area contributed by atoms with E-state index in [1.165, 1.54) is 7.11 Å². The van der Waals surface area contributed by atoms with E-state index >= 15 is 0 Å². The molecule has 1 fully saturated rings. The van der Waals surface area contributed by atoms with Crippen LogP contribution in [0.15, 0.2) is 6.07 Å². The summed E-state index contributed by atoms with van der Waals surface area (Å²) in [6.45, 7) is 5.35. The monoisotopic (exact) mass is 280 g/mol. The quantitative estimate of drug-likeness (QED) is 0.810. The Balaban J connectivity index is 2.02. The fraction of sp³-hybridized carbons (Fsp3) is 0.615. The minimum Gasteiger partial charge on any atom is -0.378 e. The lowest BCUT2D eigenvalue weighted by Crippen LogP contribution is -2.37. The van der Waals surface area contributed by atoms with Crippen LogP contribution in [0.25, 0.3) is 0 Å². The van der Waals surface area contributed by atoms with Crippen molar-refractivity contribution in [2.24, 2.45) is 0 Å². The summed E-state index contributed by atoms with van der Waals surface area (Å²) in [4.78, 5) is 22.4. The number of morpholine rings is 1. The summed E-state index contributed by atoms with van der Waals surface area (Å²) in [5.41, 5.74) is 0.887. The van der Waals surface area contributed by atoms with Crippen molar-refractivity contribution in [3.8, 4) is 0 Å². The number of ether oxygens (including phenoxy) is 2. The minimum atomic E-state index is -0.175. The molecule has 1 aliphatic rings. The van der Waals surface area contributed by atoms with Gasteiger partial charge in [0.15, 0.2) is 0 Å². The van der Waals surface area contributed by atoms with Gasteiger partial charge in [-0.25, -0.2) is 9.97 Å². The molecular formula is C13H20N4O3. The number of amides is 1. The van der Waals surface area contributed by atoms with Crippen LogP contribution >= 0.6 is 0 Å². The minimum absolute atomic E-state index is 0.0438. The second kappa shape index (κ2) is 7.16. The number of hydrogen-bond acceptors (Lipinski definition) is 6. The molecule has 7 nitrogen and oxygen atoms in total. The van der Waals surface area contributed by atoms with E-state index in [-0.39, 0.29) is 12.5 Å². The van der Waals surface area contributed by atoms with Crippen LogP contribution in [0, 0.1) is 6.92 Å². The Hall–Kier alpha value is -1.73. The van der Waals surface area contributed by atoms with Gasteiger partial charge in [-0.3, -0.25) is 4.79 Å². The average molecular weight is 280 g/mol. The van der Waals surface area contributed by atoms with E-state index in [0.29, 0.717) is 25.6 Å². The summed E-state index contributed by atoms with van der Waals surface area (Å²) < 4.78 is 10.1. The molecule has 2 rings (SSSR count). The standard InChI is InChI=1S/C13H20N4O3/c1-10-7-12(17-3-5-20-6-4-17)16-11(15-10)8-14-13(18)9-19-2/h7H,3-6,8-9H2,1-2H3,(H,14,18). The van der Waals surface area contributed by atoms with Gasteiger partial charge in [0.25, 0.3) is 0 Å². The molecule has 0 spiro atoms. The van der Waals surface area contributed by atoms with E-state index in [9.17, 15) is 4.79 Å². The third-order valence-corrected chi connectivity index (χ3v) is 2.94. The maximum absolute atomic E-state index is 11.4. The molecule has 2 heterocycles. The van der Waals surface area contributed by atoms with Gasteiger partial charge in [-0.15, -0.1) is 0 Å². The number of nitrogens with one attached hydrogen (secondary N) is 1.